The highest BCUT2D eigenvalue weighted by molar-refractivity contribution is 5.85. The van der Waals surface area contributed by atoms with Crippen molar-refractivity contribution in [3.8, 4) is 5.75 Å². The summed E-state index contributed by atoms with van der Waals surface area (Å²) in [5.74, 6) is 0.151. The first-order valence-corrected chi connectivity index (χ1v) is 10.7. The van der Waals surface area contributed by atoms with E-state index in [1.807, 2.05) is 13.0 Å². The van der Waals surface area contributed by atoms with Gasteiger partial charge in [0.25, 0.3) is 0 Å². The van der Waals surface area contributed by atoms with Crippen LogP contribution in [-0.4, -0.2) is 42.6 Å². The van der Waals surface area contributed by atoms with Crippen LogP contribution >= 0.6 is 12.4 Å². The number of halogens is 1. The van der Waals surface area contributed by atoms with Crippen molar-refractivity contribution in [1.82, 2.24) is 10.2 Å². The summed E-state index contributed by atoms with van der Waals surface area (Å²) in [6, 6.07) is 5.43. The monoisotopic (exact) mass is 454 g/mol. The zero-order valence-corrected chi connectivity index (χ0v) is 20.6. The van der Waals surface area contributed by atoms with Crippen molar-refractivity contribution in [1.29, 1.82) is 0 Å². The number of aliphatic carboxylic acids is 1. The van der Waals surface area contributed by atoms with Crippen LogP contribution < -0.4 is 10.1 Å². The number of nitrogens with one attached hydrogen (secondary N) is 1. The molecule has 1 aromatic rings. The average molecular weight is 455 g/mol. The van der Waals surface area contributed by atoms with E-state index in [4.69, 9.17) is 4.74 Å². The highest BCUT2D eigenvalue weighted by atomic mass is 35.5. The molecule has 0 aliphatic heterocycles. The molecule has 0 bridgehead atoms. The van der Waals surface area contributed by atoms with Gasteiger partial charge < -0.3 is 15.2 Å². The third kappa shape index (κ3) is 8.54. The molecule has 1 aromatic carbocycles. The van der Waals surface area contributed by atoms with Crippen molar-refractivity contribution in [3.63, 3.8) is 0 Å². The molecule has 7 heteroatoms. The second-order valence-electron chi connectivity index (χ2n) is 8.12. The predicted molar refractivity (Wildman–Crippen MR) is 128 cm³/mol. The van der Waals surface area contributed by atoms with Crippen LogP contribution in [0.25, 0.3) is 0 Å². The topological polar surface area (TPSA) is 78.9 Å². The van der Waals surface area contributed by atoms with E-state index in [0.717, 1.165) is 24.8 Å². The lowest BCUT2D eigenvalue weighted by Gasteiger charge is -2.35. The normalized spacial score (nSPS) is 13.2. The maximum atomic E-state index is 12.1. The molecule has 0 heterocycles. The minimum atomic E-state index is -1.20. The molecule has 1 amide bonds. The van der Waals surface area contributed by atoms with E-state index in [1.54, 1.807) is 31.0 Å². The number of hydrogen-bond acceptors (Lipinski definition) is 4. The number of methoxy groups -OCH3 is 1. The molecule has 176 valence electrons. The predicted octanol–water partition coefficient (Wildman–Crippen LogP) is 4.76. The minimum Gasteiger partial charge on any atom is -0.496 e. The van der Waals surface area contributed by atoms with E-state index in [2.05, 4.69) is 31.3 Å². The number of benzene rings is 1. The van der Waals surface area contributed by atoms with E-state index >= 15 is 0 Å². The third-order valence-electron chi connectivity index (χ3n) is 5.48. The van der Waals surface area contributed by atoms with Gasteiger partial charge in [-0.25, -0.2) is 4.79 Å². The number of nitrogens with zero attached hydrogens (tertiary/aromatic N) is 1. The largest absolute Gasteiger partial charge is 0.496 e. The summed E-state index contributed by atoms with van der Waals surface area (Å²) in [7, 11) is 3.31. The zero-order chi connectivity index (χ0) is 22.7. The Hall–Kier alpha value is -2.05. The number of rotatable bonds is 13. The van der Waals surface area contributed by atoms with E-state index in [0.29, 0.717) is 36.7 Å². The molecule has 2 N–H and O–H groups in total. The number of carboxylic acids is 1. The molecule has 0 saturated carbocycles. The second-order valence-corrected chi connectivity index (χ2v) is 8.12. The fourth-order valence-corrected chi connectivity index (χ4v) is 3.25. The van der Waals surface area contributed by atoms with Crippen LogP contribution in [0.15, 0.2) is 30.4 Å². The highest BCUT2D eigenvalue weighted by Crippen LogP contribution is 2.35. The number of carboxylic acid groups (broad SMARTS) is 1. The quantitative estimate of drug-likeness (QED) is 0.332. The van der Waals surface area contributed by atoms with Crippen LogP contribution in [0.2, 0.25) is 0 Å². The summed E-state index contributed by atoms with van der Waals surface area (Å²) < 4.78 is 5.49. The zero-order valence-electron chi connectivity index (χ0n) is 19.7. The summed E-state index contributed by atoms with van der Waals surface area (Å²) in [5.41, 5.74) is 0.258. The number of carbonyl (C=O) groups excluding carboxylic acids is 1. The molecule has 0 spiro atoms. The van der Waals surface area contributed by atoms with Crippen molar-refractivity contribution in [3.05, 3.63) is 41.5 Å². The van der Waals surface area contributed by atoms with E-state index in [1.165, 1.54) is 7.11 Å². The number of likely N-dealkylation sites (N-methyl/N-ethyl adjacent to an activating group) is 1. The number of carbonyl (C=O) groups is 2. The fraction of sp³-hybridized carbons (Fsp3) is 0.583. The van der Waals surface area contributed by atoms with Crippen LogP contribution in [0.4, 0.5) is 0 Å². The van der Waals surface area contributed by atoms with Gasteiger partial charge in [0.2, 0.25) is 5.91 Å². The molecule has 1 rings (SSSR count). The SMILES string of the molecule is CCN(C)C(C)(C(=O)O)c1ccc(CNC(=O)CCCCC=CC(C)C)cc1OC.Cl. The molecule has 31 heavy (non-hydrogen) atoms. The van der Waals surface area contributed by atoms with Gasteiger partial charge in [-0.15, -0.1) is 12.4 Å². The maximum Gasteiger partial charge on any atom is 0.328 e. The fourth-order valence-electron chi connectivity index (χ4n) is 3.25. The average Bonchev–Trinajstić information content (AvgIpc) is 2.72. The Kier molecular flexibility index (Phi) is 13.2. The van der Waals surface area contributed by atoms with Gasteiger partial charge in [0, 0.05) is 18.5 Å². The molecular weight excluding hydrogens is 416 g/mol. The van der Waals surface area contributed by atoms with Crippen molar-refractivity contribution in [2.24, 2.45) is 5.92 Å². The molecule has 1 unspecified atom stereocenters. The van der Waals surface area contributed by atoms with Crippen LogP contribution in [0.5, 0.6) is 5.75 Å². The van der Waals surface area contributed by atoms with Gasteiger partial charge in [-0.05, 0) is 57.3 Å². The van der Waals surface area contributed by atoms with Gasteiger partial charge in [0.15, 0.2) is 0 Å². The Morgan fingerprint density at radius 1 is 1.29 bits per heavy atom. The van der Waals surface area contributed by atoms with Crippen molar-refractivity contribution in [2.75, 3.05) is 20.7 Å². The smallest absolute Gasteiger partial charge is 0.328 e. The second kappa shape index (κ2) is 14.1. The Labute approximate surface area is 193 Å². The number of allylic oxidation sites excluding steroid dienone is 2. The standard InChI is InChI=1S/C24H38N2O4.ClH/c1-7-26(5)24(4,23(28)29)20-15-14-19(16-21(20)30-6)17-25-22(27)13-11-9-8-10-12-18(2)3;/h10,12,14-16,18H,7-9,11,13,17H2,1-6H3,(H,25,27)(H,28,29);1H. The van der Waals surface area contributed by atoms with E-state index in [-0.39, 0.29) is 18.3 Å². The molecule has 6 nitrogen and oxygen atoms in total. The maximum absolute atomic E-state index is 12.1. The number of ether oxygens (including phenoxy) is 1. The van der Waals surface area contributed by atoms with Crippen molar-refractivity contribution < 1.29 is 19.4 Å². The third-order valence-corrected chi connectivity index (χ3v) is 5.48. The van der Waals surface area contributed by atoms with E-state index in [9.17, 15) is 14.7 Å². The van der Waals surface area contributed by atoms with Crippen LogP contribution in [-0.2, 0) is 21.7 Å². The first-order chi connectivity index (χ1) is 14.2. The minimum absolute atomic E-state index is 0. The number of hydrogen-bond donors (Lipinski definition) is 2. The lowest BCUT2D eigenvalue weighted by atomic mass is 9.88. The molecule has 1 atom stereocenters. The summed E-state index contributed by atoms with van der Waals surface area (Å²) >= 11 is 0. The van der Waals surface area contributed by atoms with Crippen molar-refractivity contribution >= 4 is 24.3 Å². The van der Waals surface area contributed by atoms with Gasteiger partial charge in [-0.2, -0.15) is 0 Å². The molecule has 0 saturated heterocycles. The lowest BCUT2D eigenvalue weighted by molar-refractivity contribution is -0.150. The van der Waals surface area contributed by atoms with Crippen molar-refractivity contribution in [2.45, 2.75) is 65.5 Å². The first kappa shape index (κ1) is 28.9. The molecular formula is C24H39ClN2O4. The van der Waals surface area contributed by atoms with Crippen LogP contribution in [0.3, 0.4) is 0 Å². The molecule has 0 aliphatic rings. The molecule has 0 fully saturated rings. The number of amides is 1. The van der Waals surface area contributed by atoms with Gasteiger partial charge in [0.1, 0.15) is 11.3 Å². The first-order valence-electron chi connectivity index (χ1n) is 10.7. The number of unbranched alkanes of at least 4 members (excludes halogenated alkanes) is 2. The Morgan fingerprint density at radius 2 is 1.97 bits per heavy atom. The summed E-state index contributed by atoms with van der Waals surface area (Å²) in [6.45, 7) is 8.85. The van der Waals surface area contributed by atoms with Crippen LogP contribution in [0, 0.1) is 5.92 Å². The summed E-state index contributed by atoms with van der Waals surface area (Å²) in [4.78, 5) is 25.9. The van der Waals surface area contributed by atoms with Gasteiger partial charge in [-0.1, -0.05) is 45.1 Å². The highest BCUT2D eigenvalue weighted by Gasteiger charge is 2.41. The Bertz CT molecular complexity index is 736. The van der Waals surface area contributed by atoms with Gasteiger partial charge in [0.05, 0.1) is 7.11 Å². The summed E-state index contributed by atoms with van der Waals surface area (Å²) in [5, 5.41) is 12.8. The van der Waals surface area contributed by atoms with E-state index < -0.39 is 11.5 Å². The molecule has 0 radical (unpaired) electrons. The van der Waals surface area contributed by atoms with Gasteiger partial charge in [-0.3, -0.25) is 9.69 Å². The molecule has 0 aromatic heterocycles. The van der Waals surface area contributed by atoms with Crippen LogP contribution in [0.1, 0.15) is 64.5 Å². The van der Waals surface area contributed by atoms with Gasteiger partial charge >= 0.3 is 5.97 Å². The Morgan fingerprint density at radius 3 is 2.52 bits per heavy atom. The molecule has 0 aliphatic carbocycles. The Balaban J connectivity index is 0.00000900. The summed E-state index contributed by atoms with van der Waals surface area (Å²) in [6.07, 6.45) is 7.72. The lowest BCUT2D eigenvalue weighted by Crippen LogP contribution is -2.47.